The maximum atomic E-state index is 14.2. The monoisotopic (exact) mass is 448 g/mol. The SMILES string of the molecule is COc1ccc(C[N+](=C(N)SC=N)S(=O)(=O)c2cc(F)c(F)cc2F)c(OC)c1. The first kappa shape index (κ1) is 22.6. The van der Waals surface area contributed by atoms with E-state index in [1.54, 1.807) is 6.07 Å². The molecule has 0 fully saturated rings. The number of amidine groups is 1. The third-order valence-electron chi connectivity index (χ3n) is 3.78. The van der Waals surface area contributed by atoms with Crippen LogP contribution in [-0.2, 0) is 16.6 Å². The maximum Gasteiger partial charge on any atom is 0.334 e. The van der Waals surface area contributed by atoms with Crippen molar-refractivity contribution in [2.45, 2.75) is 11.4 Å². The first-order valence-corrected chi connectivity index (χ1v) is 10.1. The summed E-state index contributed by atoms with van der Waals surface area (Å²) in [7, 11) is -1.97. The number of benzene rings is 2. The van der Waals surface area contributed by atoms with Crippen LogP contribution in [-0.4, -0.2) is 37.3 Å². The molecule has 12 heteroatoms. The second-order valence-corrected chi connectivity index (χ2v) is 8.18. The van der Waals surface area contributed by atoms with Crippen molar-refractivity contribution in [1.29, 1.82) is 5.41 Å². The average Bonchev–Trinajstić information content (AvgIpc) is 2.68. The Labute approximate surface area is 169 Å². The summed E-state index contributed by atoms with van der Waals surface area (Å²) in [5.41, 5.74) is 6.88. The Balaban J connectivity index is 2.66. The molecule has 2 aromatic rings. The number of nitrogens with one attached hydrogen (secondary N) is 1. The van der Waals surface area contributed by atoms with Gasteiger partial charge in [-0.3, -0.25) is 5.73 Å². The molecule has 3 N–H and O–H groups in total. The van der Waals surface area contributed by atoms with E-state index in [9.17, 15) is 21.6 Å². The summed E-state index contributed by atoms with van der Waals surface area (Å²) >= 11 is 0.542. The highest BCUT2D eigenvalue weighted by Crippen LogP contribution is 2.28. The van der Waals surface area contributed by atoms with Crippen LogP contribution in [0.4, 0.5) is 13.2 Å². The zero-order valence-electron chi connectivity index (χ0n) is 15.3. The number of hydrogen-bond donors (Lipinski definition) is 2. The van der Waals surface area contributed by atoms with E-state index < -0.39 is 44.1 Å². The van der Waals surface area contributed by atoms with E-state index in [2.05, 4.69) is 0 Å². The van der Waals surface area contributed by atoms with Gasteiger partial charge in [-0.1, -0.05) is 0 Å². The van der Waals surface area contributed by atoms with Gasteiger partial charge in [0.05, 0.1) is 19.8 Å². The molecule has 0 aromatic heterocycles. The summed E-state index contributed by atoms with van der Waals surface area (Å²) in [5.74, 6) is -3.86. The van der Waals surface area contributed by atoms with E-state index in [0.29, 0.717) is 27.1 Å². The van der Waals surface area contributed by atoms with Crippen molar-refractivity contribution in [3.63, 3.8) is 0 Å². The van der Waals surface area contributed by atoms with Gasteiger partial charge < -0.3 is 14.9 Å². The van der Waals surface area contributed by atoms with E-state index >= 15 is 0 Å². The van der Waals surface area contributed by atoms with Crippen LogP contribution in [0.2, 0.25) is 0 Å². The number of nitrogens with zero attached hydrogens (tertiary/aromatic N) is 1. The number of nitrogens with two attached hydrogens (primary N) is 1. The molecule has 29 heavy (non-hydrogen) atoms. The molecule has 2 rings (SSSR count). The van der Waals surface area contributed by atoms with Crippen LogP contribution < -0.4 is 15.2 Å². The second-order valence-electron chi connectivity index (χ2n) is 5.46. The first-order chi connectivity index (χ1) is 13.6. The molecule has 156 valence electrons. The first-order valence-electron chi connectivity index (χ1n) is 7.82. The third-order valence-corrected chi connectivity index (χ3v) is 6.25. The molecule has 0 saturated carbocycles. The Bertz CT molecular complexity index is 1080. The maximum absolute atomic E-state index is 14.2. The molecule has 7 nitrogen and oxygen atoms in total. The minimum Gasteiger partial charge on any atom is -0.497 e. The van der Waals surface area contributed by atoms with Crippen LogP contribution in [0.25, 0.3) is 0 Å². The Kier molecular flexibility index (Phi) is 7.14. The summed E-state index contributed by atoms with van der Waals surface area (Å²) < 4.78 is 77.9. The predicted molar refractivity (Wildman–Crippen MR) is 103 cm³/mol. The molecular weight excluding hydrogens is 431 g/mol. The van der Waals surface area contributed by atoms with E-state index in [4.69, 9.17) is 20.6 Å². The van der Waals surface area contributed by atoms with Gasteiger partial charge in [-0.05, 0) is 12.1 Å². The molecule has 0 heterocycles. The van der Waals surface area contributed by atoms with Gasteiger partial charge in [0.1, 0.15) is 28.8 Å². The van der Waals surface area contributed by atoms with Crippen LogP contribution in [0.3, 0.4) is 0 Å². The van der Waals surface area contributed by atoms with Gasteiger partial charge in [0.15, 0.2) is 11.6 Å². The fraction of sp³-hybridized carbons (Fsp3) is 0.176. The summed E-state index contributed by atoms with van der Waals surface area (Å²) in [5, 5.41) is 6.74. The lowest BCUT2D eigenvalue weighted by molar-refractivity contribution is -0.382. The summed E-state index contributed by atoms with van der Waals surface area (Å²) in [6.45, 7) is -0.430. The van der Waals surface area contributed by atoms with Gasteiger partial charge >= 0.3 is 15.2 Å². The molecule has 0 atom stereocenters. The van der Waals surface area contributed by atoms with Crippen LogP contribution >= 0.6 is 11.8 Å². The zero-order chi connectivity index (χ0) is 21.8. The van der Waals surface area contributed by atoms with Crippen molar-refractivity contribution >= 4 is 32.5 Å². The summed E-state index contributed by atoms with van der Waals surface area (Å²) in [4.78, 5) is -1.10. The molecule has 0 unspecified atom stereocenters. The largest absolute Gasteiger partial charge is 0.497 e. The molecule has 0 radical (unpaired) electrons. The highest BCUT2D eigenvalue weighted by molar-refractivity contribution is 8.24. The van der Waals surface area contributed by atoms with Crippen molar-refractivity contribution in [2.75, 3.05) is 14.2 Å². The normalized spacial score (nSPS) is 12.3. The van der Waals surface area contributed by atoms with Crippen LogP contribution in [0.15, 0.2) is 35.2 Å². The lowest BCUT2D eigenvalue weighted by Crippen LogP contribution is -2.32. The van der Waals surface area contributed by atoms with Crippen LogP contribution in [0.1, 0.15) is 5.56 Å². The average molecular weight is 448 g/mol. The molecule has 0 aliphatic rings. The van der Waals surface area contributed by atoms with Gasteiger partial charge in [0.2, 0.25) is 0 Å². The Morgan fingerprint density at radius 3 is 2.38 bits per heavy atom. The standard InChI is InChI=1S/C17H16F3N3O4S2/c1-26-11-4-3-10(15(5-11)27-2)8-23(17(22)28-9-21)29(24,25)16-7-13(19)12(18)6-14(16)20/h3-7,9,21-22H,8H2,1-2H3/p+1. The van der Waals surface area contributed by atoms with Crippen molar-refractivity contribution in [3.05, 3.63) is 53.3 Å². The van der Waals surface area contributed by atoms with E-state index in [1.807, 2.05) is 0 Å². The Morgan fingerprint density at radius 1 is 1.14 bits per heavy atom. The molecule has 0 aliphatic carbocycles. The van der Waals surface area contributed by atoms with Gasteiger partial charge in [0, 0.05) is 35.5 Å². The molecule has 0 aliphatic heterocycles. The number of methoxy groups -OCH3 is 2. The minimum atomic E-state index is -4.75. The lowest BCUT2D eigenvalue weighted by Gasteiger charge is -2.14. The highest BCUT2D eigenvalue weighted by Gasteiger charge is 2.32. The molecule has 0 spiro atoms. The molecule has 0 bridgehead atoms. The molecule has 0 saturated heterocycles. The van der Waals surface area contributed by atoms with Crippen LogP contribution in [0.5, 0.6) is 11.5 Å². The molecule has 2 aromatic carbocycles. The van der Waals surface area contributed by atoms with Gasteiger partial charge in [-0.2, -0.15) is 8.42 Å². The van der Waals surface area contributed by atoms with E-state index in [-0.39, 0.29) is 17.9 Å². The number of thioether (sulfide) groups is 1. The number of rotatable bonds is 7. The van der Waals surface area contributed by atoms with Gasteiger partial charge in [0.25, 0.3) is 0 Å². The van der Waals surface area contributed by atoms with E-state index in [0.717, 1.165) is 5.55 Å². The van der Waals surface area contributed by atoms with E-state index in [1.165, 1.54) is 26.4 Å². The summed E-state index contributed by atoms with van der Waals surface area (Å²) in [6, 6.07) is 4.91. The van der Waals surface area contributed by atoms with Crippen LogP contribution in [0, 0.1) is 22.9 Å². The second kappa shape index (κ2) is 9.18. The Hall–Kier alpha value is -2.73. The minimum absolute atomic E-state index is 0.133. The highest BCUT2D eigenvalue weighted by atomic mass is 32.2. The molecular formula is C17H17F3N3O4S2+. The number of ether oxygens (including phenoxy) is 2. The quantitative estimate of drug-likeness (QED) is 0.292. The fourth-order valence-corrected chi connectivity index (χ4v) is 4.43. The summed E-state index contributed by atoms with van der Waals surface area (Å²) in [6.07, 6.45) is 0. The van der Waals surface area contributed by atoms with Crippen molar-refractivity contribution in [1.82, 2.24) is 0 Å². The third kappa shape index (κ3) is 4.82. The van der Waals surface area contributed by atoms with Gasteiger partial charge in [-0.25, -0.2) is 13.2 Å². The predicted octanol–water partition coefficient (Wildman–Crippen LogP) is 2.68. The Morgan fingerprint density at radius 2 is 1.79 bits per heavy atom. The van der Waals surface area contributed by atoms with Crippen molar-refractivity contribution in [2.24, 2.45) is 5.73 Å². The van der Waals surface area contributed by atoms with Crippen molar-refractivity contribution < 1.29 is 35.0 Å². The number of halogens is 3. The zero-order valence-corrected chi connectivity index (χ0v) is 16.9. The van der Waals surface area contributed by atoms with Crippen molar-refractivity contribution in [3.8, 4) is 11.5 Å². The fourth-order valence-electron chi connectivity index (χ4n) is 2.36. The smallest absolute Gasteiger partial charge is 0.334 e. The van der Waals surface area contributed by atoms with Gasteiger partial charge in [-0.15, -0.1) is 3.98 Å². The number of sulfonamides is 1. The number of hydrogen-bond acceptors (Lipinski definition) is 6. The lowest BCUT2D eigenvalue weighted by atomic mass is 10.2. The topological polar surface area (TPSA) is 105 Å². The molecule has 0 amide bonds.